The van der Waals surface area contributed by atoms with E-state index in [1.165, 1.54) is 4.90 Å². The van der Waals surface area contributed by atoms with Crippen LogP contribution in [0, 0.1) is 0 Å². The molecule has 1 aliphatic rings. The minimum absolute atomic E-state index is 0.00106. The summed E-state index contributed by atoms with van der Waals surface area (Å²) >= 11 is 0. The van der Waals surface area contributed by atoms with E-state index in [0.29, 0.717) is 30.7 Å². The van der Waals surface area contributed by atoms with Gasteiger partial charge in [-0.1, -0.05) is 12.1 Å². The molecule has 18 heavy (non-hydrogen) atoms. The lowest BCUT2D eigenvalue weighted by atomic mass is 10.1. The van der Waals surface area contributed by atoms with Gasteiger partial charge in [0.05, 0.1) is 11.8 Å². The molecule has 0 atom stereocenters. The topological polar surface area (TPSA) is 46.6 Å². The van der Waals surface area contributed by atoms with Crippen molar-refractivity contribution in [2.24, 2.45) is 0 Å². The highest BCUT2D eigenvalue weighted by molar-refractivity contribution is 6.17. The Labute approximate surface area is 107 Å². The van der Waals surface area contributed by atoms with Crippen LogP contribution in [0.15, 0.2) is 24.3 Å². The van der Waals surface area contributed by atoms with Gasteiger partial charge in [-0.15, -0.1) is 0 Å². The molecule has 96 valence electrons. The lowest BCUT2D eigenvalue weighted by molar-refractivity contribution is -0.129. The molecule has 0 radical (unpaired) electrons. The second-order valence-corrected chi connectivity index (χ2v) is 4.61. The van der Waals surface area contributed by atoms with Gasteiger partial charge in [-0.2, -0.15) is 0 Å². The van der Waals surface area contributed by atoms with Crippen LogP contribution in [0.1, 0.15) is 33.1 Å². The Morgan fingerprint density at radius 3 is 2.33 bits per heavy atom. The number of imide groups is 1. The predicted octanol–water partition coefficient (Wildman–Crippen LogP) is 2.52. The number of piperidine rings is 1. The summed E-state index contributed by atoms with van der Waals surface area (Å²) in [5, 5.41) is 0. The third-order valence-corrected chi connectivity index (χ3v) is 2.75. The molecule has 0 spiro atoms. The number of carbonyl (C=O) groups is 2. The van der Waals surface area contributed by atoms with Crippen LogP contribution in [0.25, 0.3) is 0 Å². The molecule has 1 fully saturated rings. The zero-order valence-corrected chi connectivity index (χ0v) is 10.7. The summed E-state index contributed by atoms with van der Waals surface area (Å²) in [6.45, 7) is 3.83. The average Bonchev–Trinajstić information content (AvgIpc) is 2.30. The van der Waals surface area contributed by atoms with Crippen LogP contribution >= 0.6 is 0 Å². The Morgan fingerprint density at radius 2 is 1.72 bits per heavy atom. The lowest BCUT2D eigenvalue weighted by Crippen LogP contribution is -2.40. The van der Waals surface area contributed by atoms with Crippen molar-refractivity contribution in [2.45, 2.75) is 39.2 Å². The van der Waals surface area contributed by atoms with Gasteiger partial charge in [0.2, 0.25) is 11.8 Å². The molecule has 0 N–H and O–H groups in total. The number of ether oxygens (including phenoxy) is 1. The Bertz CT molecular complexity index is 452. The Hall–Kier alpha value is -1.84. The van der Waals surface area contributed by atoms with Gasteiger partial charge in [0.1, 0.15) is 5.75 Å². The molecule has 1 aromatic carbocycles. The fraction of sp³-hybridized carbons (Fsp3) is 0.429. The first kappa shape index (κ1) is 12.6. The van der Waals surface area contributed by atoms with Crippen molar-refractivity contribution in [3.63, 3.8) is 0 Å². The van der Waals surface area contributed by atoms with Gasteiger partial charge < -0.3 is 4.74 Å². The summed E-state index contributed by atoms with van der Waals surface area (Å²) in [6, 6.07) is 7.17. The summed E-state index contributed by atoms with van der Waals surface area (Å²) < 4.78 is 5.65. The molecule has 0 aromatic heterocycles. The van der Waals surface area contributed by atoms with E-state index in [1.807, 2.05) is 19.9 Å². The van der Waals surface area contributed by atoms with Crippen molar-refractivity contribution in [1.82, 2.24) is 0 Å². The highest BCUT2D eigenvalue weighted by Crippen LogP contribution is 2.31. The Kier molecular flexibility index (Phi) is 3.65. The number of hydrogen-bond donors (Lipinski definition) is 0. The van der Waals surface area contributed by atoms with Crippen LogP contribution in [0.4, 0.5) is 5.69 Å². The molecule has 1 saturated heterocycles. The van der Waals surface area contributed by atoms with Crippen molar-refractivity contribution >= 4 is 17.5 Å². The zero-order valence-electron chi connectivity index (χ0n) is 10.7. The molecule has 1 aromatic rings. The number of para-hydroxylation sites is 2. The van der Waals surface area contributed by atoms with Gasteiger partial charge in [-0.3, -0.25) is 9.59 Å². The van der Waals surface area contributed by atoms with Gasteiger partial charge in [-0.05, 0) is 32.4 Å². The van der Waals surface area contributed by atoms with Crippen molar-refractivity contribution in [1.29, 1.82) is 0 Å². The molecular formula is C14H17NO3. The molecule has 0 saturated carbocycles. The second-order valence-electron chi connectivity index (χ2n) is 4.61. The first-order chi connectivity index (χ1) is 8.59. The van der Waals surface area contributed by atoms with Gasteiger partial charge >= 0.3 is 0 Å². The summed E-state index contributed by atoms with van der Waals surface area (Å²) in [7, 11) is 0. The Balaban J connectivity index is 2.36. The van der Waals surface area contributed by atoms with Gasteiger partial charge in [-0.25, -0.2) is 4.90 Å². The highest BCUT2D eigenvalue weighted by Gasteiger charge is 2.29. The molecular weight excluding hydrogens is 230 g/mol. The largest absolute Gasteiger partial charge is 0.489 e. The van der Waals surface area contributed by atoms with Crippen LogP contribution in [-0.4, -0.2) is 17.9 Å². The van der Waals surface area contributed by atoms with E-state index in [-0.39, 0.29) is 17.9 Å². The fourth-order valence-electron chi connectivity index (χ4n) is 2.02. The predicted molar refractivity (Wildman–Crippen MR) is 68.6 cm³/mol. The molecule has 0 unspecified atom stereocenters. The molecule has 4 heteroatoms. The number of hydrogen-bond acceptors (Lipinski definition) is 3. The summed E-state index contributed by atoms with van der Waals surface area (Å²) in [4.78, 5) is 25.0. The summed E-state index contributed by atoms with van der Waals surface area (Å²) in [6.07, 6.45) is 1.48. The van der Waals surface area contributed by atoms with Crippen molar-refractivity contribution in [3.05, 3.63) is 24.3 Å². The second kappa shape index (κ2) is 5.21. The molecule has 0 aliphatic carbocycles. The molecule has 2 rings (SSSR count). The first-order valence-electron chi connectivity index (χ1n) is 6.21. The van der Waals surface area contributed by atoms with Crippen LogP contribution in [0.2, 0.25) is 0 Å². The monoisotopic (exact) mass is 247 g/mol. The minimum Gasteiger partial charge on any atom is -0.489 e. The standard InChI is InChI=1S/C14H17NO3/c1-10(2)18-12-7-4-3-6-11(12)15-13(16)8-5-9-14(15)17/h3-4,6-7,10H,5,8-9H2,1-2H3. The number of nitrogens with zero attached hydrogens (tertiary/aromatic N) is 1. The van der Waals surface area contributed by atoms with E-state index < -0.39 is 0 Å². The first-order valence-corrected chi connectivity index (χ1v) is 6.21. The number of benzene rings is 1. The molecule has 0 bridgehead atoms. The molecule has 4 nitrogen and oxygen atoms in total. The molecule has 1 heterocycles. The maximum Gasteiger partial charge on any atom is 0.233 e. The van der Waals surface area contributed by atoms with Crippen molar-refractivity contribution < 1.29 is 14.3 Å². The van der Waals surface area contributed by atoms with E-state index in [2.05, 4.69) is 0 Å². The fourth-order valence-corrected chi connectivity index (χ4v) is 2.02. The maximum absolute atomic E-state index is 11.9. The third kappa shape index (κ3) is 2.53. The lowest BCUT2D eigenvalue weighted by Gasteiger charge is -2.27. The normalized spacial score (nSPS) is 16.3. The maximum atomic E-state index is 11.9. The summed E-state index contributed by atoms with van der Waals surface area (Å²) in [5.74, 6) is 0.285. The van der Waals surface area contributed by atoms with E-state index in [4.69, 9.17) is 4.74 Å². The smallest absolute Gasteiger partial charge is 0.233 e. The number of carbonyl (C=O) groups excluding carboxylic acids is 2. The van der Waals surface area contributed by atoms with Gasteiger partial charge in [0.25, 0.3) is 0 Å². The molecule has 2 amide bonds. The van der Waals surface area contributed by atoms with Crippen molar-refractivity contribution in [2.75, 3.05) is 4.90 Å². The van der Waals surface area contributed by atoms with Crippen molar-refractivity contribution in [3.8, 4) is 5.75 Å². The van der Waals surface area contributed by atoms with Crippen LogP contribution in [0.5, 0.6) is 5.75 Å². The van der Waals surface area contributed by atoms with Crippen LogP contribution in [-0.2, 0) is 9.59 Å². The van der Waals surface area contributed by atoms with E-state index in [9.17, 15) is 9.59 Å². The third-order valence-electron chi connectivity index (χ3n) is 2.75. The van der Waals surface area contributed by atoms with E-state index >= 15 is 0 Å². The average molecular weight is 247 g/mol. The highest BCUT2D eigenvalue weighted by atomic mass is 16.5. The van der Waals surface area contributed by atoms with Crippen LogP contribution < -0.4 is 9.64 Å². The molecule has 1 aliphatic heterocycles. The summed E-state index contributed by atoms with van der Waals surface area (Å²) in [5.41, 5.74) is 0.556. The Morgan fingerprint density at radius 1 is 1.11 bits per heavy atom. The number of rotatable bonds is 3. The van der Waals surface area contributed by atoms with Gasteiger partial charge in [0, 0.05) is 12.8 Å². The number of amides is 2. The van der Waals surface area contributed by atoms with E-state index in [0.717, 1.165) is 0 Å². The zero-order chi connectivity index (χ0) is 13.1. The van der Waals surface area contributed by atoms with Crippen LogP contribution in [0.3, 0.4) is 0 Å². The number of anilines is 1. The quantitative estimate of drug-likeness (QED) is 0.771. The SMILES string of the molecule is CC(C)Oc1ccccc1N1C(=O)CCCC1=O. The van der Waals surface area contributed by atoms with E-state index in [1.54, 1.807) is 18.2 Å². The minimum atomic E-state index is -0.147. The van der Waals surface area contributed by atoms with Gasteiger partial charge in [0.15, 0.2) is 0 Å².